The first-order valence-corrected chi connectivity index (χ1v) is 8.24. The van der Waals surface area contributed by atoms with Crippen molar-refractivity contribution in [1.82, 2.24) is 0 Å². The third-order valence-corrected chi connectivity index (χ3v) is 3.86. The summed E-state index contributed by atoms with van der Waals surface area (Å²) in [6.07, 6.45) is 11.4. The molecule has 0 aliphatic rings. The van der Waals surface area contributed by atoms with Gasteiger partial charge in [0.1, 0.15) is 0 Å². The SMILES string of the molecule is C=CCOCCC(C)CCCC(C)CCCC(C)C. The molecule has 1 nitrogen and oxygen atoms in total. The van der Waals surface area contributed by atoms with Crippen LogP contribution < -0.4 is 0 Å². The minimum atomic E-state index is 0.694. The maximum Gasteiger partial charge on any atom is 0.0644 e. The molecular formula is C18H36O. The number of hydrogen-bond acceptors (Lipinski definition) is 1. The molecule has 0 bridgehead atoms. The fourth-order valence-electron chi connectivity index (χ4n) is 2.43. The van der Waals surface area contributed by atoms with Crippen molar-refractivity contribution in [2.75, 3.05) is 13.2 Å². The van der Waals surface area contributed by atoms with Gasteiger partial charge in [-0.1, -0.05) is 72.3 Å². The Morgan fingerprint density at radius 1 is 0.842 bits per heavy atom. The van der Waals surface area contributed by atoms with Crippen LogP contribution in [0, 0.1) is 17.8 Å². The lowest BCUT2D eigenvalue weighted by atomic mass is 9.93. The Morgan fingerprint density at radius 3 is 1.89 bits per heavy atom. The zero-order valence-electron chi connectivity index (χ0n) is 13.8. The van der Waals surface area contributed by atoms with Crippen LogP contribution >= 0.6 is 0 Å². The van der Waals surface area contributed by atoms with Gasteiger partial charge >= 0.3 is 0 Å². The zero-order valence-corrected chi connectivity index (χ0v) is 13.8. The minimum Gasteiger partial charge on any atom is -0.377 e. The van der Waals surface area contributed by atoms with Gasteiger partial charge in [-0.15, -0.1) is 6.58 Å². The third-order valence-electron chi connectivity index (χ3n) is 3.86. The Balaban J connectivity index is 3.37. The molecule has 2 atom stereocenters. The van der Waals surface area contributed by atoms with E-state index in [9.17, 15) is 0 Å². The fourth-order valence-corrected chi connectivity index (χ4v) is 2.43. The number of rotatable bonds is 13. The summed E-state index contributed by atoms with van der Waals surface area (Å²) in [5, 5.41) is 0. The Bertz CT molecular complexity index is 198. The highest BCUT2D eigenvalue weighted by atomic mass is 16.5. The van der Waals surface area contributed by atoms with Crippen LogP contribution in [0.2, 0.25) is 0 Å². The lowest BCUT2D eigenvalue weighted by Gasteiger charge is -2.15. The minimum absolute atomic E-state index is 0.694. The van der Waals surface area contributed by atoms with Crippen LogP contribution in [0.25, 0.3) is 0 Å². The van der Waals surface area contributed by atoms with Gasteiger partial charge in [-0.2, -0.15) is 0 Å². The molecular weight excluding hydrogens is 232 g/mol. The molecule has 0 aromatic carbocycles. The predicted molar refractivity (Wildman–Crippen MR) is 86.5 cm³/mol. The smallest absolute Gasteiger partial charge is 0.0644 e. The lowest BCUT2D eigenvalue weighted by Crippen LogP contribution is -2.03. The van der Waals surface area contributed by atoms with Gasteiger partial charge in [-0.3, -0.25) is 0 Å². The van der Waals surface area contributed by atoms with Gasteiger partial charge in [0, 0.05) is 6.61 Å². The largest absolute Gasteiger partial charge is 0.377 e. The highest BCUT2D eigenvalue weighted by Crippen LogP contribution is 2.20. The van der Waals surface area contributed by atoms with E-state index in [1.54, 1.807) is 0 Å². The molecule has 0 saturated carbocycles. The second-order valence-electron chi connectivity index (χ2n) is 6.62. The summed E-state index contributed by atoms with van der Waals surface area (Å²) in [5.41, 5.74) is 0. The molecule has 0 aliphatic carbocycles. The Kier molecular flexibility index (Phi) is 12.5. The van der Waals surface area contributed by atoms with Crippen molar-refractivity contribution < 1.29 is 4.74 Å². The molecule has 0 saturated heterocycles. The summed E-state index contributed by atoms with van der Waals surface area (Å²) in [6, 6.07) is 0. The molecule has 2 unspecified atom stereocenters. The summed E-state index contributed by atoms with van der Waals surface area (Å²) in [5.74, 6) is 2.57. The maximum absolute atomic E-state index is 5.44. The lowest BCUT2D eigenvalue weighted by molar-refractivity contribution is 0.145. The van der Waals surface area contributed by atoms with E-state index < -0.39 is 0 Å². The van der Waals surface area contributed by atoms with Gasteiger partial charge in [0.25, 0.3) is 0 Å². The van der Waals surface area contributed by atoms with Crippen molar-refractivity contribution in [1.29, 1.82) is 0 Å². The summed E-state index contributed by atoms with van der Waals surface area (Å²) < 4.78 is 5.44. The number of hydrogen-bond donors (Lipinski definition) is 0. The van der Waals surface area contributed by atoms with Gasteiger partial charge in [-0.25, -0.2) is 0 Å². The highest BCUT2D eigenvalue weighted by molar-refractivity contribution is 4.64. The molecule has 0 amide bonds. The second kappa shape index (κ2) is 12.7. The Hall–Kier alpha value is -0.300. The molecule has 0 rings (SSSR count). The monoisotopic (exact) mass is 268 g/mol. The van der Waals surface area contributed by atoms with Crippen LogP contribution in [-0.4, -0.2) is 13.2 Å². The van der Waals surface area contributed by atoms with Gasteiger partial charge in [0.15, 0.2) is 0 Å². The van der Waals surface area contributed by atoms with Crippen molar-refractivity contribution in [2.45, 2.75) is 72.6 Å². The topological polar surface area (TPSA) is 9.23 Å². The van der Waals surface area contributed by atoms with E-state index in [0.717, 1.165) is 24.4 Å². The molecule has 0 radical (unpaired) electrons. The van der Waals surface area contributed by atoms with E-state index in [0.29, 0.717) is 6.61 Å². The molecule has 0 aromatic heterocycles. The van der Waals surface area contributed by atoms with Crippen LogP contribution in [0.1, 0.15) is 72.6 Å². The van der Waals surface area contributed by atoms with E-state index >= 15 is 0 Å². The van der Waals surface area contributed by atoms with Crippen molar-refractivity contribution in [3.63, 3.8) is 0 Å². The quantitative estimate of drug-likeness (QED) is 0.301. The van der Waals surface area contributed by atoms with E-state index in [-0.39, 0.29) is 0 Å². The molecule has 0 aliphatic heterocycles. The van der Waals surface area contributed by atoms with Crippen molar-refractivity contribution in [3.05, 3.63) is 12.7 Å². The third kappa shape index (κ3) is 13.9. The van der Waals surface area contributed by atoms with Gasteiger partial charge in [-0.05, 0) is 24.2 Å². The van der Waals surface area contributed by atoms with Crippen molar-refractivity contribution in [2.24, 2.45) is 17.8 Å². The van der Waals surface area contributed by atoms with Gasteiger partial charge in [0.2, 0.25) is 0 Å². The van der Waals surface area contributed by atoms with Crippen molar-refractivity contribution >= 4 is 0 Å². The maximum atomic E-state index is 5.44. The summed E-state index contributed by atoms with van der Waals surface area (Å²) >= 11 is 0. The van der Waals surface area contributed by atoms with Crippen LogP contribution in [0.5, 0.6) is 0 Å². The summed E-state index contributed by atoms with van der Waals surface area (Å²) in [7, 11) is 0. The molecule has 19 heavy (non-hydrogen) atoms. The molecule has 0 aromatic rings. The highest BCUT2D eigenvalue weighted by Gasteiger charge is 2.06. The molecule has 0 heterocycles. The molecule has 0 spiro atoms. The summed E-state index contributed by atoms with van der Waals surface area (Å²) in [6.45, 7) is 14.6. The van der Waals surface area contributed by atoms with Crippen LogP contribution in [0.4, 0.5) is 0 Å². The predicted octanol–water partition coefficient (Wildman–Crippen LogP) is 5.85. The van der Waals surface area contributed by atoms with E-state index in [1.807, 2.05) is 6.08 Å². The van der Waals surface area contributed by atoms with Crippen LogP contribution in [0.3, 0.4) is 0 Å². The van der Waals surface area contributed by atoms with Crippen molar-refractivity contribution in [3.8, 4) is 0 Å². The first-order valence-electron chi connectivity index (χ1n) is 8.24. The average Bonchev–Trinajstić information content (AvgIpc) is 2.34. The standard InChI is InChI=1S/C18H36O/c1-6-14-19-15-13-18(5)12-8-11-17(4)10-7-9-16(2)3/h6,16-18H,1,7-15H2,2-5H3. The van der Waals surface area contributed by atoms with E-state index in [1.165, 1.54) is 44.9 Å². The molecule has 114 valence electrons. The van der Waals surface area contributed by atoms with E-state index in [2.05, 4.69) is 34.3 Å². The Morgan fingerprint density at radius 2 is 1.37 bits per heavy atom. The average molecular weight is 268 g/mol. The number of ether oxygens (including phenoxy) is 1. The van der Waals surface area contributed by atoms with Crippen LogP contribution in [0.15, 0.2) is 12.7 Å². The zero-order chi connectivity index (χ0) is 14.5. The van der Waals surface area contributed by atoms with Gasteiger partial charge < -0.3 is 4.74 Å². The van der Waals surface area contributed by atoms with Crippen LogP contribution in [-0.2, 0) is 4.74 Å². The molecule has 0 N–H and O–H groups in total. The Labute approximate surface area is 121 Å². The normalized spacial score (nSPS) is 14.6. The second-order valence-corrected chi connectivity index (χ2v) is 6.62. The molecule has 0 fully saturated rings. The first-order chi connectivity index (χ1) is 9.06. The van der Waals surface area contributed by atoms with Gasteiger partial charge in [0.05, 0.1) is 6.61 Å². The van der Waals surface area contributed by atoms with E-state index in [4.69, 9.17) is 4.74 Å². The first kappa shape index (κ1) is 18.7. The fraction of sp³-hybridized carbons (Fsp3) is 0.889. The molecule has 1 heteroatoms. The summed E-state index contributed by atoms with van der Waals surface area (Å²) in [4.78, 5) is 0.